The zero-order chi connectivity index (χ0) is 13.2. The Labute approximate surface area is 112 Å². The van der Waals surface area contributed by atoms with E-state index in [9.17, 15) is 0 Å². The number of aromatic amines is 1. The molecule has 0 aromatic carbocycles. The molecule has 2 heterocycles. The Morgan fingerprint density at radius 2 is 2.11 bits per heavy atom. The van der Waals surface area contributed by atoms with Crippen LogP contribution in [-0.2, 0) is 6.54 Å². The van der Waals surface area contributed by atoms with Crippen LogP contribution >= 0.6 is 12.2 Å². The number of pyridine rings is 1. The van der Waals surface area contributed by atoms with Crippen molar-refractivity contribution in [2.45, 2.75) is 33.7 Å². The minimum atomic E-state index is 0.271. The number of aromatic nitrogens is 4. The summed E-state index contributed by atoms with van der Waals surface area (Å²) in [5, 5.41) is 7.12. The van der Waals surface area contributed by atoms with Crippen LogP contribution in [0.1, 0.15) is 27.2 Å². The summed E-state index contributed by atoms with van der Waals surface area (Å²) in [6.45, 7) is 7.51. The topological polar surface area (TPSA) is 46.5 Å². The Bertz CT molecular complexity index is 563. The minimum Gasteiger partial charge on any atom is -0.299 e. The molecule has 0 radical (unpaired) electrons. The average molecular weight is 262 g/mol. The van der Waals surface area contributed by atoms with Gasteiger partial charge in [0.25, 0.3) is 0 Å². The lowest BCUT2D eigenvalue weighted by Gasteiger charge is -2.18. The molecule has 0 atom stereocenters. The molecular formula is C13H18N4S. The van der Waals surface area contributed by atoms with Gasteiger partial charge in [-0.05, 0) is 36.2 Å². The summed E-state index contributed by atoms with van der Waals surface area (Å²) < 4.78 is 2.67. The molecule has 0 saturated heterocycles. The van der Waals surface area contributed by atoms with Gasteiger partial charge >= 0.3 is 0 Å². The van der Waals surface area contributed by atoms with E-state index in [0.29, 0.717) is 4.77 Å². The fourth-order valence-electron chi connectivity index (χ4n) is 1.66. The predicted molar refractivity (Wildman–Crippen MR) is 74.7 cm³/mol. The first-order valence-corrected chi connectivity index (χ1v) is 6.45. The maximum atomic E-state index is 5.28. The summed E-state index contributed by atoms with van der Waals surface area (Å²) in [4.78, 5) is 4.32. The van der Waals surface area contributed by atoms with E-state index in [2.05, 4.69) is 36.0 Å². The summed E-state index contributed by atoms with van der Waals surface area (Å²) in [5.74, 6) is 0.810. The van der Waals surface area contributed by atoms with Gasteiger partial charge in [-0.3, -0.25) is 14.6 Å². The van der Waals surface area contributed by atoms with E-state index in [-0.39, 0.29) is 5.41 Å². The van der Waals surface area contributed by atoms with Gasteiger partial charge in [0.2, 0.25) is 0 Å². The quantitative estimate of drug-likeness (QED) is 0.862. The van der Waals surface area contributed by atoms with E-state index >= 15 is 0 Å². The second-order valence-electron chi connectivity index (χ2n) is 5.53. The van der Waals surface area contributed by atoms with E-state index in [1.54, 1.807) is 6.20 Å². The predicted octanol–water partition coefficient (Wildman–Crippen LogP) is 3.44. The monoisotopic (exact) mass is 262 g/mol. The Morgan fingerprint density at radius 3 is 2.72 bits per heavy atom. The van der Waals surface area contributed by atoms with Crippen LogP contribution in [0.3, 0.4) is 0 Å². The van der Waals surface area contributed by atoms with Gasteiger partial charge in [0.1, 0.15) is 5.69 Å². The molecule has 18 heavy (non-hydrogen) atoms. The summed E-state index contributed by atoms with van der Waals surface area (Å²) in [6, 6.07) is 5.79. The highest BCUT2D eigenvalue weighted by Crippen LogP contribution is 2.22. The van der Waals surface area contributed by atoms with Crippen molar-refractivity contribution in [2.24, 2.45) is 5.41 Å². The van der Waals surface area contributed by atoms with Crippen LogP contribution in [-0.4, -0.2) is 19.7 Å². The Hall–Kier alpha value is -1.49. The molecule has 96 valence electrons. The normalized spacial score (nSPS) is 11.7. The van der Waals surface area contributed by atoms with Crippen LogP contribution in [0.2, 0.25) is 0 Å². The highest BCUT2D eigenvalue weighted by atomic mass is 32.1. The van der Waals surface area contributed by atoms with Crippen molar-refractivity contribution >= 4 is 12.2 Å². The van der Waals surface area contributed by atoms with Gasteiger partial charge in [-0.2, -0.15) is 5.10 Å². The van der Waals surface area contributed by atoms with Crippen LogP contribution in [0.15, 0.2) is 24.4 Å². The van der Waals surface area contributed by atoms with Crippen molar-refractivity contribution in [3.8, 4) is 11.5 Å². The molecule has 0 aliphatic rings. The third kappa shape index (κ3) is 3.04. The number of rotatable bonds is 3. The maximum absolute atomic E-state index is 5.28. The van der Waals surface area contributed by atoms with Crippen LogP contribution in [0.4, 0.5) is 0 Å². The molecule has 5 heteroatoms. The van der Waals surface area contributed by atoms with Gasteiger partial charge in [0.05, 0.1) is 0 Å². The first-order valence-electron chi connectivity index (χ1n) is 6.04. The molecule has 0 bridgehead atoms. The lowest BCUT2D eigenvalue weighted by atomic mass is 9.92. The molecule has 0 amide bonds. The molecule has 2 aromatic rings. The number of nitrogens with zero attached hydrogens (tertiary/aromatic N) is 3. The van der Waals surface area contributed by atoms with Crippen LogP contribution in [0, 0.1) is 10.2 Å². The molecule has 0 aliphatic carbocycles. The van der Waals surface area contributed by atoms with Crippen LogP contribution < -0.4 is 0 Å². The zero-order valence-electron chi connectivity index (χ0n) is 11.0. The molecule has 2 rings (SSSR count). The number of nitrogens with one attached hydrogen (secondary N) is 1. The summed E-state index contributed by atoms with van der Waals surface area (Å²) >= 11 is 5.28. The Balaban J connectivity index is 2.31. The van der Waals surface area contributed by atoms with Crippen molar-refractivity contribution < 1.29 is 0 Å². The largest absolute Gasteiger partial charge is 0.299 e. The fourth-order valence-corrected chi connectivity index (χ4v) is 1.89. The molecule has 4 nitrogen and oxygen atoms in total. The second-order valence-corrected chi connectivity index (χ2v) is 5.92. The molecular weight excluding hydrogens is 244 g/mol. The summed E-state index contributed by atoms with van der Waals surface area (Å²) in [6.07, 6.45) is 2.81. The zero-order valence-corrected chi connectivity index (χ0v) is 11.8. The number of hydrogen-bond donors (Lipinski definition) is 1. The summed E-state index contributed by atoms with van der Waals surface area (Å²) in [7, 11) is 0. The van der Waals surface area contributed by atoms with Crippen molar-refractivity contribution in [3.05, 3.63) is 29.2 Å². The van der Waals surface area contributed by atoms with Crippen molar-refractivity contribution in [1.29, 1.82) is 0 Å². The van der Waals surface area contributed by atoms with Gasteiger partial charge in [0.15, 0.2) is 10.6 Å². The highest BCUT2D eigenvalue weighted by Gasteiger charge is 2.14. The van der Waals surface area contributed by atoms with E-state index in [1.165, 1.54) is 0 Å². The van der Waals surface area contributed by atoms with E-state index in [4.69, 9.17) is 12.2 Å². The molecule has 0 spiro atoms. The smallest absolute Gasteiger partial charge is 0.195 e. The maximum Gasteiger partial charge on any atom is 0.195 e. The molecule has 1 N–H and O–H groups in total. The third-order valence-corrected chi connectivity index (χ3v) is 3.05. The Kier molecular flexibility index (Phi) is 3.61. The molecule has 0 unspecified atom stereocenters. The molecule has 0 fully saturated rings. The molecule has 0 aliphatic heterocycles. The second kappa shape index (κ2) is 5.02. The number of H-pyrrole nitrogens is 1. The van der Waals surface area contributed by atoms with Gasteiger partial charge < -0.3 is 0 Å². The van der Waals surface area contributed by atoms with E-state index < -0.39 is 0 Å². The molecule has 2 aromatic heterocycles. The highest BCUT2D eigenvalue weighted by molar-refractivity contribution is 7.71. The Morgan fingerprint density at radius 1 is 1.33 bits per heavy atom. The van der Waals surface area contributed by atoms with Gasteiger partial charge in [-0.15, -0.1) is 0 Å². The number of hydrogen-bond acceptors (Lipinski definition) is 3. The van der Waals surface area contributed by atoms with Gasteiger partial charge in [0, 0.05) is 12.7 Å². The SMILES string of the molecule is CC(C)(C)CCn1c(-c2ccccn2)n[nH]c1=S. The standard InChI is InChI=1S/C13H18N4S/c1-13(2,3)7-9-17-11(15-16-12(17)18)10-6-4-5-8-14-10/h4-6,8H,7,9H2,1-3H3,(H,16,18). The van der Waals surface area contributed by atoms with Crippen molar-refractivity contribution in [3.63, 3.8) is 0 Å². The lowest BCUT2D eigenvalue weighted by Crippen LogP contribution is -2.11. The van der Waals surface area contributed by atoms with E-state index in [0.717, 1.165) is 24.5 Å². The third-order valence-electron chi connectivity index (χ3n) is 2.74. The average Bonchev–Trinajstić information content (AvgIpc) is 2.68. The van der Waals surface area contributed by atoms with Crippen molar-refractivity contribution in [1.82, 2.24) is 19.7 Å². The lowest BCUT2D eigenvalue weighted by molar-refractivity contribution is 0.350. The van der Waals surface area contributed by atoms with Gasteiger partial charge in [-0.1, -0.05) is 26.8 Å². The first kappa shape index (κ1) is 13.0. The van der Waals surface area contributed by atoms with Crippen LogP contribution in [0.25, 0.3) is 11.5 Å². The van der Waals surface area contributed by atoms with E-state index in [1.807, 2.05) is 22.8 Å². The first-order chi connectivity index (χ1) is 8.47. The van der Waals surface area contributed by atoms with Crippen molar-refractivity contribution in [2.75, 3.05) is 0 Å². The minimum absolute atomic E-state index is 0.271. The fraction of sp³-hybridized carbons (Fsp3) is 0.462. The summed E-state index contributed by atoms with van der Waals surface area (Å²) in [5.41, 5.74) is 1.12. The van der Waals surface area contributed by atoms with Crippen LogP contribution in [0.5, 0.6) is 0 Å². The molecule has 0 saturated carbocycles. The van der Waals surface area contributed by atoms with Gasteiger partial charge in [-0.25, -0.2) is 0 Å².